The number of carbonyl (C=O) groups is 2. The summed E-state index contributed by atoms with van der Waals surface area (Å²) in [7, 11) is 0. The number of nitrogens with zero attached hydrogens (tertiary/aromatic N) is 2. The standard InChI is InChI=1S/C19H15N3O2S2/c1-13(10-14-6-3-2-4-7-14)11-16-18(24)22(19(25)26-16)21-17(23)15-8-5-9-20-12-15/h2-12H,1H3,(H,21,23)/b13-10+,16-11+. The molecule has 1 saturated heterocycles. The minimum atomic E-state index is -0.438. The average Bonchev–Trinajstić information content (AvgIpc) is 2.90. The maximum absolute atomic E-state index is 12.6. The lowest BCUT2D eigenvalue weighted by atomic mass is 10.1. The second kappa shape index (κ2) is 8.07. The first-order chi connectivity index (χ1) is 12.5. The number of hydrazine groups is 1. The Labute approximate surface area is 160 Å². The van der Waals surface area contributed by atoms with Gasteiger partial charge < -0.3 is 0 Å². The van der Waals surface area contributed by atoms with Gasteiger partial charge in [0.1, 0.15) is 0 Å². The van der Waals surface area contributed by atoms with Gasteiger partial charge in [-0.3, -0.25) is 20.0 Å². The van der Waals surface area contributed by atoms with Crippen LogP contribution in [0.3, 0.4) is 0 Å². The molecule has 0 saturated carbocycles. The van der Waals surface area contributed by atoms with Crippen molar-refractivity contribution < 1.29 is 9.59 Å². The number of thioether (sulfide) groups is 1. The first kappa shape index (κ1) is 18.0. The first-order valence-electron chi connectivity index (χ1n) is 7.77. The van der Waals surface area contributed by atoms with Gasteiger partial charge in [0.25, 0.3) is 11.8 Å². The van der Waals surface area contributed by atoms with Crippen molar-refractivity contribution in [1.29, 1.82) is 0 Å². The highest BCUT2D eigenvalue weighted by molar-refractivity contribution is 8.26. The van der Waals surface area contributed by atoms with Gasteiger partial charge in [0.15, 0.2) is 4.32 Å². The second-order valence-electron chi connectivity index (χ2n) is 5.50. The monoisotopic (exact) mass is 381 g/mol. The van der Waals surface area contributed by atoms with Gasteiger partial charge in [0, 0.05) is 12.4 Å². The summed E-state index contributed by atoms with van der Waals surface area (Å²) in [5.41, 5.74) is 4.84. The number of pyridine rings is 1. The average molecular weight is 381 g/mol. The van der Waals surface area contributed by atoms with Crippen molar-refractivity contribution >= 4 is 46.2 Å². The predicted molar refractivity (Wildman–Crippen MR) is 107 cm³/mol. The van der Waals surface area contributed by atoms with E-state index in [4.69, 9.17) is 12.2 Å². The molecule has 5 nitrogen and oxygen atoms in total. The van der Waals surface area contributed by atoms with Crippen LogP contribution in [0.5, 0.6) is 0 Å². The molecule has 1 aromatic heterocycles. The van der Waals surface area contributed by atoms with Crippen molar-refractivity contribution in [3.05, 3.63) is 82.5 Å². The molecule has 0 atom stereocenters. The highest BCUT2D eigenvalue weighted by Crippen LogP contribution is 2.31. The van der Waals surface area contributed by atoms with Gasteiger partial charge in [-0.2, -0.15) is 5.01 Å². The molecular formula is C19H15N3O2S2. The Balaban J connectivity index is 1.74. The smallest absolute Gasteiger partial charge is 0.267 e. The van der Waals surface area contributed by atoms with Gasteiger partial charge in [-0.25, -0.2) is 0 Å². The molecule has 7 heteroatoms. The summed E-state index contributed by atoms with van der Waals surface area (Å²) in [4.78, 5) is 29.1. The molecular weight excluding hydrogens is 366 g/mol. The predicted octanol–water partition coefficient (Wildman–Crippen LogP) is 3.57. The molecule has 1 fully saturated rings. The molecule has 0 spiro atoms. The van der Waals surface area contributed by atoms with E-state index in [2.05, 4.69) is 10.4 Å². The molecule has 130 valence electrons. The van der Waals surface area contributed by atoms with E-state index in [1.165, 1.54) is 6.20 Å². The molecule has 0 radical (unpaired) electrons. The Kier molecular flexibility index (Phi) is 5.60. The van der Waals surface area contributed by atoms with E-state index in [9.17, 15) is 9.59 Å². The largest absolute Gasteiger partial charge is 0.285 e. The fraction of sp³-hybridized carbons (Fsp3) is 0.0526. The number of aromatic nitrogens is 1. The number of rotatable bonds is 4. The number of allylic oxidation sites excluding steroid dienone is 2. The van der Waals surface area contributed by atoms with Gasteiger partial charge >= 0.3 is 0 Å². The van der Waals surface area contributed by atoms with E-state index in [1.54, 1.807) is 24.4 Å². The van der Waals surface area contributed by atoms with Crippen molar-refractivity contribution in [2.24, 2.45) is 0 Å². The molecule has 26 heavy (non-hydrogen) atoms. The number of hydrogen-bond donors (Lipinski definition) is 1. The second-order valence-corrected chi connectivity index (χ2v) is 7.17. The van der Waals surface area contributed by atoms with Crippen LogP contribution in [-0.2, 0) is 4.79 Å². The quantitative estimate of drug-likeness (QED) is 0.648. The van der Waals surface area contributed by atoms with Crippen molar-refractivity contribution in [3.8, 4) is 0 Å². The fourth-order valence-electron chi connectivity index (χ4n) is 2.29. The maximum Gasteiger partial charge on any atom is 0.285 e. The molecule has 0 unspecified atom stereocenters. The number of benzene rings is 1. The lowest BCUT2D eigenvalue weighted by Crippen LogP contribution is -2.44. The molecule has 1 aromatic carbocycles. The van der Waals surface area contributed by atoms with E-state index in [-0.39, 0.29) is 10.2 Å². The Morgan fingerprint density at radius 2 is 2.00 bits per heavy atom. The number of carbonyl (C=O) groups excluding carboxylic acids is 2. The third-order valence-electron chi connectivity index (χ3n) is 3.48. The molecule has 2 amide bonds. The Hall–Kier alpha value is -2.77. The molecule has 2 aromatic rings. The van der Waals surface area contributed by atoms with E-state index >= 15 is 0 Å². The highest BCUT2D eigenvalue weighted by Gasteiger charge is 2.33. The lowest BCUT2D eigenvalue weighted by Gasteiger charge is -2.15. The molecule has 0 aliphatic carbocycles. The molecule has 0 bridgehead atoms. The Morgan fingerprint density at radius 1 is 1.23 bits per heavy atom. The van der Waals surface area contributed by atoms with Crippen LogP contribution in [0.25, 0.3) is 6.08 Å². The summed E-state index contributed by atoms with van der Waals surface area (Å²) in [5, 5.41) is 1.09. The third kappa shape index (κ3) is 4.25. The Morgan fingerprint density at radius 3 is 2.69 bits per heavy atom. The summed E-state index contributed by atoms with van der Waals surface area (Å²) in [5.74, 6) is -0.787. The van der Waals surface area contributed by atoms with Crippen LogP contribution in [0.2, 0.25) is 0 Å². The molecule has 2 heterocycles. The van der Waals surface area contributed by atoms with E-state index in [0.717, 1.165) is 27.9 Å². The van der Waals surface area contributed by atoms with Crippen molar-refractivity contribution in [3.63, 3.8) is 0 Å². The molecule has 3 rings (SSSR count). The van der Waals surface area contributed by atoms with Crippen LogP contribution in [-0.4, -0.2) is 26.1 Å². The summed E-state index contributed by atoms with van der Waals surface area (Å²) in [6.07, 6.45) is 6.74. The van der Waals surface area contributed by atoms with Gasteiger partial charge in [-0.05, 0) is 48.5 Å². The number of hydrogen-bond acceptors (Lipinski definition) is 5. The van der Waals surface area contributed by atoms with Crippen LogP contribution in [0.1, 0.15) is 22.8 Å². The summed E-state index contributed by atoms with van der Waals surface area (Å²) in [6.45, 7) is 1.91. The summed E-state index contributed by atoms with van der Waals surface area (Å²) < 4.78 is 0.283. The maximum atomic E-state index is 12.6. The van der Waals surface area contributed by atoms with Crippen LogP contribution in [0.4, 0.5) is 0 Å². The number of amides is 2. The lowest BCUT2D eigenvalue weighted by molar-refractivity contribution is -0.123. The molecule has 1 aliphatic rings. The van der Waals surface area contributed by atoms with Gasteiger partial charge in [0.2, 0.25) is 0 Å². The van der Waals surface area contributed by atoms with Crippen molar-refractivity contribution in [2.75, 3.05) is 0 Å². The number of nitrogens with one attached hydrogen (secondary N) is 1. The van der Waals surface area contributed by atoms with E-state index < -0.39 is 5.91 Å². The number of thiocarbonyl (C=S) groups is 1. The highest BCUT2D eigenvalue weighted by atomic mass is 32.2. The normalized spacial score (nSPS) is 16.3. The minimum absolute atomic E-state index is 0.283. The van der Waals surface area contributed by atoms with E-state index in [1.807, 2.05) is 43.3 Å². The first-order valence-corrected chi connectivity index (χ1v) is 8.99. The molecule has 1 N–H and O–H groups in total. The van der Waals surface area contributed by atoms with E-state index in [0.29, 0.717) is 10.5 Å². The van der Waals surface area contributed by atoms with Gasteiger partial charge in [-0.15, -0.1) is 0 Å². The van der Waals surface area contributed by atoms with Gasteiger partial charge in [-0.1, -0.05) is 48.2 Å². The Bertz CT molecular complexity index is 909. The zero-order chi connectivity index (χ0) is 18.5. The summed E-state index contributed by atoms with van der Waals surface area (Å²) in [6, 6.07) is 13.1. The zero-order valence-electron chi connectivity index (χ0n) is 13.9. The van der Waals surface area contributed by atoms with Crippen LogP contribution < -0.4 is 5.43 Å². The minimum Gasteiger partial charge on any atom is -0.267 e. The third-order valence-corrected chi connectivity index (χ3v) is 4.79. The fourth-order valence-corrected chi connectivity index (χ4v) is 3.52. The SMILES string of the molecule is CC(=C\c1ccccc1)/C=C1/SC(=S)N(NC(=O)c2cccnc2)C1=O. The van der Waals surface area contributed by atoms with Crippen molar-refractivity contribution in [2.45, 2.75) is 6.92 Å². The van der Waals surface area contributed by atoms with Crippen LogP contribution in [0, 0.1) is 0 Å². The van der Waals surface area contributed by atoms with Crippen molar-refractivity contribution in [1.82, 2.24) is 15.4 Å². The molecule has 1 aliphatic heterocycles. The van der Waals surface area contributed by atoms with Crippen LogP contribution in [0.15, 0.2) is 71.4 Å². The topological polar surface area (TPSA) is 62.3 Å². The van der Waals surface area contributed by atoms with Crippen LogP contribution >= 0.6 is 24.0 Å². The summed E-state index contributed by atoms with van der Waals surface area (Å²) >= 11 is 6.38. The zero-order valence-corrected chi connectivity index (χ0v) is 15.5. The van der Waals surface area contributed by atoms with Gasteiger partial charge in [0.05, 0.1) is 10.5 Å².